The van der Waals surface area contributed by atoms with E-state index in [9.17, 15) is 14.3 Å². The van der Waals surface area contributed by atoms with Crippen molar-refractivity contribution in [1.82, 2.24) is 5.32 Å². The molecule has 0 aliphatic heterocycles. The van der Waals surface area contributed by atoms with Crippen molar-refractivity contribution >= 4 is 17.5 Å². The van der Waals surface area contributed by atoms with E-state index < -0.39 is 6.10 Å². The second-order valence-electron chi connectivity index (χ2n) is 6.11. The van der Waals surface area contributed by atoms with Crippen LogP contribution in [0.2, 0.25) is 5.02 Å². The molecule has 2 N–H and O–H groups in total. The average molecular weight is 314 g/mol. The maximum Gasteiger partial charge on any atom is 0.223 e. The molecule has 1 saturated carbocycles. The normalized spacial score (nSPS) is 22.2. The summed E-state index contributed by atoms with van der Waals surface area (Å²) < 4.78 is 13.8. The van der Waals surface area contributed by atoms with Crippen molar-refractivity contribution < 1.29 is 14.3 Å². The summed E-state index contributed by atoms with van der Waals surface area (Å²) in [6.45, 7) is 4.27. The van der Waals surface area contributed by atoms with Gasteiger partial charge in [0.25, 0.3) is 0 Å². The Morgan fingerprint density at radius 2 is 2.24 bits per heavy atom. The Bertz CT molecular complexity index is 501. The molecule has 1 aromatic rings. The number of aliphatic hydroxyl groups is 1. The minimum absolute atomic E-state index is 0.137. The van der Waals surface area contributed by atoms with Crippen LogP contribution < -0.4 is 5.32 Å². The molecule has 116 valence electrons. The van der Waals surface area contributed by atoms with Gasteiger partial charge >= 0.3 is 0 Å². The molecule has 1 amide bonds. The van der Waals surface area contributed by atoms with Crippen molar-refractivity contribution in [1.29, 1.82) is 0 Å². The first-order valence-corrected chi connectivity index (χ1v) is 7.67. The average Bonchev–Trinajstić information content (AvgIpc) is 3.15. The van der Waals surface area contributed by atoms with Crippen molar-refractivity contribution in [2.24, 2.45) is 11.8 Å². The molecule has 0 aromatic heterocycles. The zero-order chi connectivity index (χ0) is 15.6. The minimum Gasteiger partial charge on any atom is -0.391 e. The predicted octanol–water partition coefficient (Wildman–Crippen LogP) is 3.11. The lowest BCUT2D eigenvalue weighted by atomic mass is 10.1. The Kier molecular flexibility index (Phi) is 5.22. The third-order valence-corrected chi connectivity index (χ3v) is 4.08. The summed E-state index contributed by atoms with van der Waals surface area (Å²) in [6.07, 6.45) is 0.712. The fourth-order valence-electron chi connectivity index (χ4n) is 2.65. The van der Waals surface area contributed by atoms with E-state index >= 15 is 0 Å². The lowest BCUT2D eigenvalue weighted by Crippen LogP contribution is -2.34. The van der Waals surface area contributed by atoms with Crippen LogP contribution in [0.5, 0.6) is 0 Å². The molecule has 1 aliphatic rings. The minimum atomic E-state index is -0.539. The largest absolute Gasteiger partial charge is 0.391 e. The maximum atomic E-state index is 13.8. The lowest BCUT2D eigenvalue weighted by Gasteiger charge is -2.14. The van der Waals surface area contributed by atoms with Crippen molar-refractivity contribution in [2.45, 2.75) is 38.7 Å². The van der Waals surface area contributed by atoms with Gasteiger partial charge in [0.2, 0.25) is 5.91 Å². The van der Waals surface area contributed by atoms with Gasteiger partial charge in [-0.3, -0.25) is 4.79 Å². The van der Waals surface area contributed by atoms with Crippen LogP contribution in [0.4, 0.5) is 4.39 Å². The van der Waals surface area contributed by atoms with E-state index in [1.807, 2.05) is 13.8 Å². The van der Waals surface area contributed by atoms with Crippen LogP contribution in [-0.4, -0.2) is 23.7 Å². The van der Waals surface area contributed by atoms with Crippen LogP contribution in [0.1, 0.15) is 38.2 Å². The SMILES string of the molecule is CC(C)CC(O)CNC(=O)C1CC1c1c(F)cccc1Cl. The summed E-state index contributed by atoms with van der Waals surface area (Å²) in [5.41, 5.74) is 0.432. The van der Waals surface area contributed by atoms with E-state index in [0.29, 0.717) is 29.3 Å². The van der Waals surface area contributed by atoms with E-state index in [-0.39, 0.29) is 30.1 Å². The highest BCUT2D eigenvalue weighted by Crippen LogP contribution is 2.50. The van der Waals surface area contributed by atoms with Gasteiger partial charge in [-0.1, -0.05) is 31.5 Å². The summed E-state index contributed by atoms with van der Waals surface area (Å²) in [6, 6.07) is 4.56. The molecule has 0 radical (unpaired) electrons. The summed E-state index contributed by atoms with van der Waals surface area (Å²) in [4.78, 5) is 12.0. The molecule has 3 atom stereocenters. The van der Waals surface area contributed by atoms with Crippen LogP contribution in [-0.2, 0) is 4.79 Å². The zero-order valence-corrected chi connectivity index (χ0v) is 13.0. The first kappa shape index (κ1) is 16.2. The number of nitrogens with one attached hydrogen (secondary N) is 1. The van der Waals surface area contributed by atoms with Gasteiger partial charge in [0, 0.05) is 29.0 Å². The van der Waals surface area contributed by atoms with Gasteiger partial charge in [0.15, 0.2) is 0 Å². The molecular weight excluding hydrogens is 293 g/mol. The molecule has 0 bridgehead atoms. The summed E-state index contributed by atoms with van der Waals surface area (Å²) in [7, 11) is 0. The fourth-order valence-corrected chi connectivity index (χ4v) is 2.95. The standard InChI is InChI=1S/C16H21ClFNO2/c1-9(2)6-10(20)8-19-16(21)12-7-11(12)15-13(17)4-3-5-14(15)18/h3-5,9-12,20H,6-8H2,1-2H3,(H,19,21). The third-order valence-electron chi connectivity index (χ3n) is 3.75. The molecule has 3 unspecified atom stereocenters. The Hall–Kier alpha value is -1.13. The monoisotopic (exact) mass is 313 g/mol. The van der Waals surface area contributed by atoms with Gasteiger partial charge in [-0.05, 0) is 30.9 Å². The lowest BCUT2D eigenvalue weighted by molar-refractivity contribution is -0.122. The number of rotatable bonds is 6. The highest BCUT2D eigenvalue weighted by atomic mass is 35.5. The molecule has 2 rings (SSSR count). The molecule has 1 aromatic carbocycles. The number of benzene rings is 1. The van der Waals surface area contributed by atoms with Gasteiger partial charge in [-0.25, -0.2) is 4.39 Å². The van der Waals surface area contributed by atoms with E-state index in [0.717, 1.165) is 0 Å². The Morgan fingerprint density at radius 1 is 1.52 bits per heavy atom. The number of hydrogen-bond acceptors (Lipinski definition) is 2. The highest BCUT2D eigenvalue weighted by molar-refractivity contribution is 6.31. The first-order chi connectivity index (χ1) is 9.90. The molecule has 1 aliphatic carbocycles. The van der Waals surface area contributed by atoms with Crippen molar-refractivity contribution in [3.05, 3.63) is 34.6 Å². The smallest absolute Gasteiger partial charge is 0.223 e. The van der Waals surface area contributed by atoms with Crippen LogP contribution in [0.3, 0.4) is 0 Å². The Balaban J connectivity index is 1.87. The van der Waals surface area contributed by atoms with Crippen molar-refractivity contribution in [3.8, 4) is 0 Å². The zero-order valence-electron chi connectivity index (χ0n) is 12.3. The van der Waals surface area contributed by atoms with Crippen LogP contribution in [0, 0.1) is 17.7 Å². The topological polar surface area (TPSA) is 49.3 Å². The molecule has 0 saturated heterocycles. The molecule has 21 heavy (non-hydrogen) atoms. The van der Waals surface area contributed by atoms with Gasteiger partial charge < -0.3 is 10.4 Å². The third kappa shape index (κ3) is 4.17. The van der Waals surface area contributed by atoms with Gasteiger partial charge in [0.05, 0.1) is 6.10 Å². The molecule has 0 spiro atoms. The maximum absolute atomic E-state index is 13.8. The number of carbonyl (C=O) groups excluding carboxylic acids is 1. The summed E-state index contributed by atoms with van der Waals surface area (Å²) in [5, 5.41) is 12.9. The number of amides is 1. The van der Waals surface area contributed by atoms with Gasteiger partial charge in [-0.15, -0.1) is 0 Å². The van der Waals surface area contributed by atoms with Crippen LogP contribution in [0.25, 0.3) is 0 Å². The van der Waals surface area contributed by atoms with Gasteiger partial charge in [-0.2, -0.15) is 0 Å². The fraction of sp³-hybridized carbons (Fsp3) is 0.562. The first-order valence-electron chi connectivity index (χ1n) is 7.29. The van der Waals surface area contributed by atoms with E-state index in [1.54, 1.807) is 12.1 Å². The summed E-state index contributed by atoms with van der Waals surface area (Å²) in [5.74, 6) is -0.515. The molecule has 5 heteroatoms. The second kappa shape index (κ2) is 6.75. The van der Waals surface area contributed by atoms with Gasteiger partial charge in [0.1, 0.15) is 5.82 Å². The van der Waals surface area contributed by atoms with Crippen molar-refractivity contribution in [2.75, 3.05) is 6.54 Å². The van der Waals surface area contributed by atoms with E-state index in [4.69, 9.17) is 11.6 Å². The second-order valence-corrected chi connectivity index (χ2v) is 6.52. The molecule has 0 heterocycles. The quantitative estimate of drug-likeness (QED) is 0.848. The number of aliphatic hydroxyl groups excluding tert-OH is 1. The Labute approximate surface area is 129 Å². The number of carbonyl (C=O) groups is 1. The van der Waals surface area contributed by atoms with Crippen LogP contribution >= 0.6 is 11.6 Å². The predicted molar refractivity (Wildman–Crippen MR) is 80.7 cm³/mol. The Morgan fingerprint density at radius 3 is 2.86 bits per heavy atom. The van der Waals surface area contributed by atoms with Crippen LogP contribution in [0.15, 0.2) is 18.2 Å². The molecule has 1 fully saturated rings. The van der Waals surface area contributed by atoms with E-state index in [2.05, 4.69) is 5.32 Å². The molecule has 3 nitrogen and oxygen atoms in total. The van der Waals surface area contributed by atoms with E-state index in [1.165, 1.54) is 6.07 Å². The number of hydrogen-bond donors (Lipinski definition) is 2. The van der Waals surface area contributed by atoms with Crippen molar-refractivity contribution in [3.63, 3.8) is 0 Å². The highest BCUT2D eigenvalue weighted by Gasteiger charge is 2.46. The summed E-state index contributed by atoms with van der Waals surface area (Å²) >= 11 is 6.01. The number of halogens is 2. The molecular formula is C16H21ClFNO2.